The molecule has 0 spiro atoms. The second kappa shape index (κ2) is 11.6. The van der Waals surface area contributed by atoms with E-state index in [2.05, 4.69) is 0 Å². The van der Waals surface area contributed by atoms with Gasteiger partial charge in [-0.2, -0.15) is 0 Å². The Morgan fingerprint density at radius 1 is 0.786 bits per heavy atom. The molecule has 5 rings (SSSR count). The third-order valence-electron chi connectivity index (χ3n) is 7.20. The summed E-state index contributed by atoms with van der Waals surface area (Å²) in [4.78, 5) is 13.6. The second-order valence-corrected chi connectivity index (χ2v) is 10.1. The summed E-state index contributed by atoms with van der Waals surface area (Å²) >= 11 is 0. The molecule has 3 heterocycles. The van der Waals surface area contributed by atoms with Crippen molar-refractivity contribution in [3.63, 3.8) is 0 Å². The standard InChI is InChI=1S/C27H30O15/c1-9-17(31)20(34)22(36)26(39-9)38-8-15-18(32)21(35)23(37)27(41-15)42-25-19(33)16-13(30)6-10(28)7-14(16)40-24(25)11-4-2-3-5-12(11)29/h2-7,9,15,17-18,20-23,26-32,34-37H,8H2,1H3/t9-,15-,17-,18+,20+,21+,22-,23-,26+,27-/m0/s1. The maximum absolute atomic E-state index is 13.6. The quantitative estimate of drug-likeness (QED) is 0.159. The van der Waals surface area contributed by atoms with Gasteiger partial charge < -0.3 is 69.3 Å². The lowest BCUT2D eigenvalue weighted by molar-refractivity contribution is -0.318. The first-order valence-electron chi connectivity index (χ1n) is 12.9. The van der Waals surface area contributed by atoms with E-state index in [1.807, 2.05) is 0 Å². The number of ether oxygens (including phenoxy) is 4. The SMILES string of the molecule is C[C@@H]1O[C@@H](OC[C@@H]2O[C@@H](Oc3c(-c4ccccc4O)oc4cc(O)cc(O)c4c3=O)[C@@H](O)[C@H](O)[C@@H]2O)[C@@H](O)[C@H](O)[C@H]1O. The van der Waals surface area contributed by atoms with Crippen LogP contribution in [0.1, 0.15) is 6.92 Å². The van der Waals surface area contributed by atoms with Gasteiger partial charge in [0.1, 0.15) is 70.9 Å². The maximum Gasteiger partial charge on any atom is 0.239 e. The zero-order valence-corrected chi connectivity index (χ0v) is 21.9. The topological polar surface area (TPSA) is 249 Å². The lowest BCUT2D eigenvalue weighted by atomic mass is 9.98. The van der Waals surface area contributed by atoms with E-state index in [0.29, 0.717) is 0 Å². The smallest absolute Gasteiger partial charge is 0.239 e. The number of phenols is 3. The van der Waals surface area contributed by atoms with Crippen molar-refractivity contribution in [2.45, 2.75) is 68.3 Å². The number of hydrogen-bond donors (Lipinski definition) is 9. The van der Waals surface area contributed by atoms with Crippen LogP contribution in [0.15, 0.2) is 45.6 Å². The predicted molar refractivity (Wildman–Crippen MR) is 139 cm³/mol. The van der Waals surface area contributed by atoms with Gasteiger partial charge in [0.05, 0.1) is 18.3 Å². The van der Waals surface area contributed by atoms with Gasteiger partial charge in [-0.15, -0.1) is 0 Å². The number of rotatable bonds is 6. The van der Waals surface area contributed by atoms with Crippen LogP contribution in [0.3, 0.4) is 0 Å². The highest BCUT2D eigenvalue weighted by atomic mass is 16.7. The molecule has 3 aromatic rings. The molecule has 15 nitrogen and oxygen atoms in total. The Bertz CT molecular complexity index is 1490. The summed E-state index contributed by atoms with van der Waals surface area (Å²) in [5.74, 6) is -2.45. The number of aliphatic hydroxyl groups excluding tert-OH is 6. The first-order valence-corrected chi connectivity index (χ1v) is 12.9. The van der Waals surface area contributed by atoms with Crippen molar-refractivity contribution in [2.24, 2.45) is 0 Å². The summed E-state index contributed by atoms with van der Waals surface area (Å²) < 4.78 is 27.9. The van der Waals surface area contributed by atoms with E-state index in [4.69, 9.17) is 23.4 Å². The molecule has 0 bridgehead atoms. The number of fused-ring (bicyclic) bond motifs is 1. The number of phenolic OH excluding ortho intramolecular Hbond substituents is 3. The largest absolute Gasteiger partial charge is 0.508 e. The fourth-order valence-corrected chi connectivity index (χ4v) is 4.83. The van der Waals surface area contributed by atoms with Crippen LogP contribution in [0.2, 0.25) is 0 Å². The third-order valence-corrected chi connectivity index (χ3v) is 7.20. The summed E-state index contributed by atoms with van der Waals surface area (Å²) in [6.07, 6.45) is -15.9. The molecule has 2 fully saturated rings. The van der Waals surface area contributed by atoms with E-state index in [1.165, 1.54) is 31.2 Å². The van der Waals surface area contributed by atoms with Gasteiger partial charge in [0.15, 0.2) is 12.1 Å². The van der Waals surface area contributed by atoms with Gasteiger partial charge in [-0.3, -0.25) is 4.79 Å². The van der Waals surface area contributed by atoms with Crippen LogP contribution in [-0.4, -0.2) is 114 Å². The Balaban J connectivity index is 1.47. The first kappa shape index (κ1) is 30.0. The average molecular weight is 595 g/mol. The van der Waals surface area contributed by atoms with E-state index in [9.17, 15) is 50.8 Å². The summed E-state index contributed by atoms with van der Waals surface area (Å²) in [7, 11) is 0. The molecule has 15 heteroatoms. The molecule has 0 aliphatic carbocycles. The van der Waals surface area contributed by atoms with Crippen molar-refractivity contribution < 1.29 is 69.3 Å². The molecule has 0 unspecified atom stereocenters. The normalized spacial score (nSPS) is 33.5. The summed E-state index contributed by atoms with van der Waals surface area (Å²) in [6, 6.07) is 7.63. The molecule has 42 heavy (non-hydrogen) atoms. The van der Waals surface area contributed by atoms with E-state index >= 15 is 0 Å². The minimum absolute atomic E-state index is 0.0431. The van der Waals surface area contributed by atoms with Crippen molar-refractivity contribution in [1.82, 2.24) is 0 Å². The van der Waals surface area contributed by atoms with Crippen molar-refractivity contribution >= 4 is 11.0 Å². The molecule has 2 aliphatic rings. The third kappa shape index (κ3) is 5.37. The van der Waals surface area contributed by atoms with Crippen molar-refractivity contribution in [3.05, 3.63) is 46.6 Å². The predicted octanol–water partition coefficient (Wildman–Crippen LogP) is -1.39. The molecule has 0 amide bonds. The maximum atomic E-state index is 13.6. The summed E-state index contributed by atoms with van der Waals surface area (Å²) in [6.45, 7) is 0.850. The van der Waals surface area contributed by atoms with Crippen LogP contribution >= 0.6 is 0 Å². The van der Waals surface area contributed by atoms with Crippen LogP contribution in [0.25, 0.3) is 22.3 Å². The Hall–Kier alpha value is -3.51. The van der Waals surface area contributed by atoms with Gasteiger partial charge in [-0.25, -0.2) is 0 Å². The molecule has 0 saturated carbocycles. The summed E-state index contributed by atoms with van der Waals surface area (Å²) in [5, 5.41) is 92.1. The molecular formula is C27H30O15. The van der Waals surface area contributed by atoms with E-state index in [-0.39, 0.29) is 22.7 Å². The van der Waals surface area contributed by atoms with Crippen molar-refractivity contribution in [3.8, 4) is 34.3 Å². The van der Waals surface area contributed by atoms with E-state index in [0.717, 1.165) is 12.1 Å². The number of hydrogen-bond acceptors (Lipinski definition) is 15. The molecule has 2 aromatic carbocycles. The highest BCUT2D eigenvalue weighted by molar-refractivity contribution is 5.88. The van der Waals surface area contributed by atoms with Crippen molar-refractivity contribution in [2.75, 3.05) is 6.61 Å². The van der Waals surface area contributed by atoms with Crippen LogP contribution in [0, 0.1) is 0 Å². The zero-order valence-electron chi connectivity index (χ0n) is 21.9. The van der Waals surface area contributed by atoms with Crippen molar-refractivity contribution in [1.29, 1.82) is 0 Å². The Morgan fingerprint density at radius 2 is 1.45 bits per heavy atom. The van der Waals surface area contributed by atoms with Crippen LogP contribution in [0.5, 0.6) is 23.0 Å². The van der Waals surface area contributed by atoms with Crippen LogP contribution < -0.4 is 10.2 Å². The minimum atomic E-state index is -1.94. The van der Waals surface area contributed by atoms with Gasteiger partial charge in [0.2, 0.25) is 17.5 Å². The fourth-order valence-electron chi connectivity index (χ4n) is 4.83. The Morgan fingerprint density at radius 3 is 2.17 bits per heavy atom. The number of aromatic hydroxyl groups is 3. The molecule has 2 aliphatic heterocycles. The second-order valence-electron chi connectivity index (χ2n) is 10.1. The summed E-state index contributed by atoms with van der Waals surface area (Å²) in [5.41, 5.74) is -1.29. The number of benzene rings is 2. The molecule has 10 atom stereocenters. The zero-order chi connectivity index (χ0) is 30.5. The van der Waals surface area contributed by atoms with Crippen LogP contribution in [-0.2, 0) is 14.2 Å². The van der Waals surface area contributed by atoms with Gasteiger partial charge in [-0.1, -0.05) is 12.1 Å². The highest BCUT2D eigenvalue weighted by Crippen LogP contribution is 2.40. The van der Waals surface area contributed by atoms with Gasteiger partial charge >= 0.3 is 0 Å². The molecule has 1 aromatic heterocycles. The number of para-hydroxylation sites is 1. The molecular weight excluding hydrogens is 564 g/mol. The Kier molecular flexibility index (Phi) is 8.30. The highest BCUT2D eigenvalue weighted by Gasteiger charge is 2.47. The Labute approximate surface area is 236 Å². The first-order chi connectivity index (χ1) is 19.9. The molecule has 2 saturated heterocycles. The van der Waals surface area contributed by atoms with E-state index in [1.54, 1.807) is 0 Å². The fraction of sp³-hybridized carbons (Fsp3) is 0.444. The molecule has 228 valence electrons. The van der Waals surface area contributed by atoms with Gasteiger partial charge in [-0.05, 0) is 19.1 Å². The monoisotopic (exact) mass is 594 g/mol. The lowest BCUT2D eigenvalue weighted by Crippen LogP contribution is -2.61. The minimum Gasteiger partial charge on any atom is -0.508 e. The average Bonchev–Trinajstić information content (AvgIpc) is 2.95. The van der Waals surface area contributed by atoms with Gasteiger partial charge in [0.25, 0.3) is 0 Å². The van der Waals surface area contributed by atoms with Crippen LogP contribution in [0.4, 0.5) is 0 Å². The van der Waals surface area contributed by atoms with Gasteiger partial charge in [0, 0.05) is 12.1 Å². The molecule has 0 radical (unpaired) electrons. The lowest BCUT2D eigenvalue weighted by Gasteiger charge is -2.42. The molecule has 9 N–H and O–H groups in total. The number of aliphatic hydroxyl groups is 6. The van der Waals surface area contributed by atoms with E-state index < -0.39 is 96.1 Å².